The number of rotatable bonds is 4. The third-order valence-corrected chi connectivity index (χ3v) is 0.959. The van der Waals surface area contributed by atoms with E-state index in [-0.39, 0.29) is 12.5 Å². The fourth-order valence-electron chi connectivity index (χ4n) is 0.475. The summed E-state index contributed by atoms with van der Waals surface area (Å²) in [5.41, 5.74) is 10.6. The Hall–Kier alpha value is -1.52. The van der Waals surface area contributed by atoms with E-state index in [9.17, 15) is 4.79 Å². The molecule has 0 saturated heterocycles. The average molecular weight is 171 g/mol. The molecule has 0 aliphatic heterocycles. The van der Waals surface area contributed by atoms with Gasteiger partial charge in [-0.3, -0.25) is 9.79 Å². The zero-order valence-corrected chi connectivity index (χ0v) is 6.99. The zero-order valence-electron chi connectivity index (χ0n) is 6.99. The van der Waals surface area contributed by atoms with Gasteiger partial charge in [0.15, 0.2) is 0 Å². The summed E-state index contributed by atoms with van der Waals surface area (Å²) in [5, 5.41) is 0. The Labute approximate surface area is 71.1 Å². The van der Waals surface area contributed by atoms with Crippen LogP contribution in [-0.2, 0) is 9.53 Å². The van der Waals surface area contributed by atoms with Crippen LogP contribution in [0.25, 0.3) is 0 Å². The zero-order chi connectivity index (χ0) is 9.40. The lowest BCUT2D eigenvalue weighted by Gasteiger charge is -1.96. The van der Waals surface area contributed by atoms with Crippen molar-refractivity contribution in [3.05, 3.63) is 11.9 Å². The molecule has 5 nitrogen and oxygen atoms in total. The summed E-state index contributed by atoms with van der Waals surface area (Å²) < 4.78 is 4.61. The number of hydrogen-bond acceptors (Lipinski definition) is 5. The first-order valence-corrected chi connectivity index (χ1v) is 3.53. The van der Waals surface area contributed by atoms with Crippen molar-refractivity contribution in [3.63, 3.8) is 0 Å². The molecule has 0 saturated carbocycles. The predicted octanol–water partition coefficient (Wildman–Crippen LogP) is -0.621. The highest BCUT2D eigenvalue weighted by Gasteiger charge is 1.96. The molecule has 0 atom stereocenters. The molecule has 0 aromatic heterocycles. The van der Waals surface area contributed by atoms with Crippen molar-refractivity contribution in [1.82, 2.24) is 0 Å². The van der Waals surface area contributed by atoms with E-state index in [1.165, 1.54) is 12.4 Å². The smallest absolute Gasteiger partial charge is 0.327 e. The maximum absolute atomic E-state index is 10.7. The van der Waals surface area contributed by atoms with Crippen LogP contribution in [0.3, 0.4) is 0 Å². The Balaban J connectivity index is 3.67. The van der Waals surface area contributed by atoms with Gasteiger partial charge in [0.25, 0.3) is 0 Å². The van der Waals surface area contributed by atoms with Crippen LogP contribution in [-0.4, -0.2) is 25.3 Å². The molecule has 0 aromatic carbocycles. The van der Waals surface area contributed by atoms with Gasteiger partial charge in [-0.25, -0.2) is 0 Å². The summed E-state index contributed by atoms with van der Waals surface area (Å²) in [6, 6.07) is 0. The van der Waals surface area contributed by atoms with Crippen molar-refractivity contribution in [2.75, 3.05) is 13.2 Å². The first-order valence-electron chi connectivity index (χ1n) is 3.53. The van der Waals surface area contributed by atoms with Gasteiger partial charge in [-0.2, -0.15) is 0 Å². The molecule has 0 aliphatic carbocycles. The van der Waals surface area contributed by atoms with Crippen LogP contribution < -0.4 is 11.5 Å². The number of allylic oxidation sites excluding steroid dienone is 1. The molecule has 0 fully saturated rings. The second kappa shape index (κ2) is 6.21. The van der Waals surface area contributed by atoms with E-state index in [2.05, 4.69) is 9.73 Å². The number of carbonyl (C=O) groups excluding carboxylic acids is 1. The van der Waals surface area contributed by atoms with Gasteiger partial charge in [0, 0.05) is 12.4 Å². The van der Waals surface area contributed by atoms with Gasteiger partial charge in [-0.1, -0.05) is 0 Å². The molecule has 0 rings (SSSR count). The second-order valence-electron chi connectivity index (χ2n) is 1.94. The van der Waals surface area contributed by atoms with Gasteiger partial charge in [0.2, 0.25) is 0 Å². The highest BCUT2D eigenvalue weighted by atomic mass is 16.5. The topological polar surface area (TPSA) is 90.7 Å². The summed E-state index contributed by atoms with van der Waals surface area (Å²) in [6.07, 6.45) is 2.52. The lowest BCUT2D eigenvalue weighted by Crippen LogP contribution is -2.09. The normalized spacial score (nSPS) is 11.9. The highest BCUT2D eigenvalue weighted by molar-refractivity contribution is 5.80. The molecule has 5 heteroatoms. The van der Waals surface area contributed by atoms with Gasteiger partial charge in [0.05, 0.1) is 12.3 Å². The summed E-state index contributed by atoms with van der Waals surface area (Å²) >= 11 is 0. The van der Waals surface area contributed by atoms with Gasteiger partial charge in [-0.15, -0.1) is 0 Å². The standard InChI is InChI=1S/C7H13N3O2/c1-2-12-7(11)5-10-4-6(9)3-8/h3-4H,2,5,8-9H2,1H3/b6-3+,10-4?. The van der Waals surface area contributed by atoms with Crippen LogP contribution >= 0.6 is 0 Å². The average Bonchev–Trinajstić information content (AvgIpc) is 2.04. The Kier molecular flexibility index (Phi) is 5.42. The minimum atomic E-state index is -0.376. The molecule has 0 heterocycles. The quantitative estimate of drug-likeness (QED) is 0.435. The fraction of sp³-hybridized carbons (Fsp3) is 0.429. The van der Waals surface area contributed by atoms with E-state index < -0.39 is 0 Å². The molecule has 0 aromatic rings. The number of nitrogens with two attached hydrogens (primary N) is 2. The highest BCUT2D eigenvalue weighted by Crippen LogP contribution is 1.80. The molecule has 0 radical (unpaired) electrons. The van der Waals surface area contributed by atoms with E-state index in [1.807, 2.05) is 0 Å². The molecule has 68 valence electrons. The number of ether oxygens (including phenoxy) is 1. The van der Waals surface area contributed by atoms with Crippen LogP contribution in [0, 0.1) is 0 Å². The summed E-state index contributed by atoms with van der Waals surface area (Å²) in [6.45, 7) is 2.06. The Bertz CT molecular complexity index is 199. The van der Waals surface area contributed by atoms with E-state index in [0.29, 0.717) is 12.3 Å². The molecular weight excluding hydrogens is 158 g/mol. The van der Waals surface area contributed by atoms with E-state index in [0.717, 1.165) is 0 Å². The molecule has 4 N–H and O–H groups in total. The van der Waals surface area contributed by atoms with Crippen molar-refractivity contribution < 1.29 is 9.53 Å². The Morgan fingerprint density at radius 3 is 2.83 bits per heavy atom. The third kappa shape index (κ3) is 5.28. The van der Waals surface area contributed by atoms with Gasteiger partial charge >= 0.3 is 5.97 Å². The van der Waals surface area contributed by atoms with Crippen molar-refractivity contribution in [2.24, 2.45) is 16.5 Å². The van der Waals surface area contributed by atoms with Crippen molar-refractivity contribution in [2.45, 2.75) is 6.92 Å². The first-order chi connectivity index (χ1) is 5.70. The van der Waals surface area contributed by atoms with Crippen LogP contribution in [0.4, 0.5) is 0 Å². The van der Waals surface area contributed by atoms with Crippen LogP contribution in [0.2, 0.25) is 0 Å². The van der Waals surface area contributed by atoms with Crippen LogP contribution in [0.1, 0.15) is 6.92 Å². The summed E-state index contributed by atoms with van der Waals surface area (Å²) in [7, 11) is 0. The summed E-state index contributed by atoms with van der Waals surface area (Å²) in [5.74, 6) is -0.376. The van der Waals surface area contributed by atoms with E-state index in [1.54, 1.807) is 6.92 Å². The minimum absolute atomic E-state index is 0.0254. The van der Waals surface area contributed by atoms with Gasteiger partial charge in [-0.05, 0) is 6.92 Å². The molecule has 0 aliphatic rings. The third-order valence-electron chi connectivity index (χ3n) is 0.959. The molecule has 0 unspecified atom stereocenters. The van der Waals surface area contributed by atoms with E-state index in [4.69, 9.17) is 11.5 Å². The lowest BCUT2D eigenvalue weighted by atomic mass is 10.5. The summed E-state index contributed by atoms with van der Waals surface area (Å²) in [4.78, 5) is 14.4. The maximum atomic E-state index is 10.7. The fourth-order valence-corrected chi connectivity index (χ4v) is 0.475. The SMILES string of the molecule is CCOC(=O)CN=C/C(N)=C\N. The van der Waals surface area contributed by atoms with Crippen LogP contribution in [0.15, 0.2) is 16.9 Å². The molecule has 0 amide bonds. The predicted molar refractivity (Wildman–Crippen MR) is 46.4 cm³/mol. The molecule has 0 spiro atoms. The number of hydrogen-bond donors (Lipinski definition) is 2. The molecule has 0 bridgehead atoms. The monoisotopic (exact) mass is 171 g/mol. The van der Waals surface area contributed by atoms with Crippen LogP contribution in [0.5, 0.6) is 0 Å². The number of aliphatic imine (C=N–C) groups is 1. The van der Waals surface area contributed by atoms with Crippen molar-refractivity contribution >= 4 is 12.2 Å². The first kappa shape index (κ1) is 10.5. The van der Waals surface area contributed by atoms with Gasteiger partial charge < -0.3 is 16.2 Å². The number of nitrogens with zero attached hydrogens (tertiary/aromatic N) is 1. The molecular formula is C7H13N3O2. The lowest BCUT2D eigenvalue weighted by molar-refractivity contribution is -0.141. The minimum Gasteiger partial charge on any atom is -0.465 e. The van der Waals surface area contributed by atoms with Crippen molar-refractivity contribution in [3.8, 4) is 0 Å². The van der Waals surface area contributed by atoms with Crippen molar-refractivity contribution in [1.29, 1.82) is 0 Å². The largest absolute Gasteiger partial charge is 0.465 e. The van der Waals surface area contributed by atoms with E-state index >= 15 is 0 Å². The number of esters is 1. The Morgan fingerprint density at radius 2 is 2.33 bits per heavy atom. The molecule has 12 heavy (non-hydrogen) atoms. The second-order valence-corrected chi connectivity index (χ2v) is 1.94. The number of carbonyl (C=O) groups is 1. The Morgan fingerprint density at radius 1 is 1.67 bits per heavy atom. The van der Waals surface area contributed by atoms with Gasteiger partial charge in [0.1, 0.15) is 6.54 Å². The maximum Gasteiger partial charge on any atom is 0.327 e.